The summed E-state index contributed by atoms with van der Waals surface area (Å²) in [6.45, 7) is 9.61. The van der Waals surface area contributed by atoms with Crippen molar-refractivity contribution in [1.82, 2.24) is 15.1 Å². The van der Waals surface area contributed by atoms with Crippen molar-refractivity contribution in [2.75, 3.05) is 52.5 Å². The molecule has 1 N–H and O–H groups in total. The van der Waals surface area contributed by atoms with Gasteiger partial charge in [-0.25, -0.2) is 0 Å². The first-order chi connectivity index (χ1) is 10.3. The molecule has 0 bridgehead atoms. The van der Waals surface area contributed by atoms with E-state index in [1.54, 1.807) is 0 Å². The van der Waals surface area contributed by atoms with E-state index in [1.807, 2.05) is 0 Å². The number of nitrogens with one attached hydrogen (secondary N) is 1. The van der Waals surface area contributed by atoms with Gasteiger partial charge in [-0.15, -0.1) is 0 Å². The van der Waals surface area contributed by atoms with Crippen LogP contribution >= 0.6 is 0 Å². The fraction of sp³-hybridized carbons (Fsp3) is 1.00. The van der Waals surface area contributed by atoms with Crippen LogP contribution in [0.25, 0.3) is 0 Å². The van der Waals surface area contributed by atoms with E-state index in [1.165, 1.54) is 77.8 Å². The van der Waals surface area contributed by atoms with Crippen molar-refractivity contribution >= 4 is 0 Å². The molecule has 2 atom stereocenters. The minimum absolute atomic E-state index is 0.385. The molecule has 0 aromatic carbocycles. The molecule has 120 valence electrons. The molecule has 1 aliphatic carbocycles. The Balaban J connectivity index is 1.37. The van der Waals surface area contributed by atoms with E-state index in [4.69, 9.17) is 4.74 Å². The molecule has 21 heavy (non-hydrogen) atoms. The smallest absolute Gasteiger partial charge is 0.0547 e. The topological polar surface area (TPSA) is 27.7 Å². The molecule has 4 fully saturated rings. The molecular formula is C17H31N3O. The van der Waals surface area contributed by atoms with E-state index in [0.29, 0.717) is 5.41 Å². The summed E-state index contributed by atoms with van der Waals surface area (Å²) in [4.78, 5) is 5.50. The molecule has 4 rings (SSSR count). The second-order valence-corrected chi connectivity index (χ2v) is 7.88. The van der Waals surface area contributed by atoms with E-state index in [-0.39, 0.29) is 0 Å². The molecule has 0 aromatic heterocycles. The SMILES string of the molecule is C1CC2CN(CC3(CNC4CC4)CCOC3)CCCN2C1. The summed E-state index contributed by atoms with van der Waals surface area (Å²) in [5.41, 5.74) is 0.385. The summed E-state index contributed by atoms with van der Waals surface area (Å²) in [6, 6.07) is 1.65. The number of ether oxygens (including phenoxy) is 1. The van der Waals surface area contributed by atoms with E-state index in [2.05, 4.69) is 15.1 Å². The van der Waals surface area contributed by atoms with Gasteiger partial charge in [0.1, 0.15) is 0 Å². The maximum Gasteiger partial charge on any atom is 0.0547 e. The lowest BCUT2D eigenvalue weighted by Crippen LogP contribution is -2.47. The highest BCUT2D eigenvalue weighted by Gasteiger charge is 2.39. The van der Waals surface area contributed by atoms with Crippen molar-refractivity contribution < 1.29 is 4.74 Å². The number of hydrogen-bond acceptors (Lipinski definition) is 4. The summed E-state index contributed by atoms with van der Waals surface area (Å²) in [7, 11) is 0. The molecule has 1 saturated carbocycles. The minimum Gasteiger partial charge on any atom is -0.381 e. The first-order valence-corrected chi connectivity index (χ1v) is 9.11. The minimum atomic E-state index is 0.385. The van der Waals surface area contributed by atoms with Gasteiger partial charge in [-0.2, -0.15) is 0 Å². The average Bonchev–Trinajstić information content (AvgIpc) is 3.11. The highest BCUT2D eigenvalue weighted by Crippen LogP contribution is 2.32. The molecule has 4 aliphatic rings. The Kier molecular flexibility index (Phi) is 4.23. The first kappa shape index (κ1) is 14.4. The molecule has 2 unspecified atom stereocenters. The van der Waals surface area contributed by atoms with Gasteiger partial charge in [0.2, 0.25) is 0 Å². The Morgan fingerprint density at radius 1 is 1.10 bits per heavy atom. The van der Waals surface area contributed by atoms with Crippen LogP contribution in [0.3, 0.4) is 0 Å². The van der Waals surface area contributed by atoms with E-state index < -0.39 is 0 Å². The normalized spacial score (nSPS) is 38.6. The second kappa shape index (κ2) is 6.15. The zero-order chi connectivity index (χ0) is 14.1. The molecule has 0 aromatic rings. The molecule has 0 radical (unpaired) electrons. The lowest BCUT2D eigenvalue weighted by atomic mass is 9.86. The predicted molar refractivity (Wildman–Crippen MR) is 84.5 cm³/mol. The maximum atomic E-state index is 5.80. The number of hydrogen-bond donors (Lipinski definition) is 1. The van der Waals surface area contributed by atoms with Crippen LogP contribution in [-0.2, 0) is 4.74 Å². The fourth-order valence-corrected chi connectivity index (χ4v) is 4.52. The summed E-state index contributed by atoms with van der Waals surface area (Å²) in [6.07, 6.45) is 8.20. The van der Waals surface area contributed by atoms with Gasteiger partial charge in [0.15, 0.2) is 0 Å². The fourth-order valence-electron chi connectivity index (χ4n) is 4.52. The highest BCUT2D eigenvalue weighted by atomic mass is 16.5. The summed E-state index contributed by atoms with van der Waals surface area (Å²) in [5.74, 6) is 0. The van der Waals surface area contributed by atoms with Crippen LogP contribution < -0.4 is 5.32 Å². The Morgan fingerprint density at radius 3 is 2.81 bits per heavy atom. The zero-order valence-electron chi connectivity index (χ0n) is 13.4. The van der Waals surface area contributed by atoms with Crippen LogP contribution in [0, 0.1) is 5.41 Å². The number of fused-ring (bicyclic) bond motifs is 1. The van der Waals surface area contributed by atoms with Crippen LogP contribution in [0.15, 0.2) is 0 Å². The first-order valence-electron chi connectivity index (χ1n) is 9.11. The predicted octanol–water partition coefficient (Wildman–Crippen LogP) is 1.32. The van der Waals surface area contributed by atoms with Gasteiger partial charge >= 0.3 is 0 Å². The quantitative estimate of drug-likeness (QED) is 0.827. The van der Waals surface area contributed by atoms with Crippen LogP contribution in [0.1, 0.15) is 38.5 Å². The van der Waals surface area contributed by atoms with E-state index in [0.717, 1.165) is 25.3 Å². The van der Waals surface area contributed by atoms with E-state index >= 15 is 0 Å². The van der Waals surface area contributed by atoms with E-state index in [9.17, 15) is 0 Å². The van der Waals surface area contributed by atoms with Crippen molar-refractivity contribution in [3.8, 4) is 0 Å². The van der Waals surface area contributed by atoms with Crippen molar-refractivity contribution in [2.24, 2.45) is 5.41 Å². The Labute approximate surface area is 129 Å². The van der Waals surface area contributed by atoms with Crippen molar-refractivity contribution in [1.29, 1.82) is 0 Å². The van der Waals surface area contributed by atoms with Gasteiger partial charge in [-0.05, 0) is 58.2 Å². The van der Waals surface area contributed by atoms with Gasteiger partial charge in [0, 0.05) is 43.7 Å². The molecule has 0 spiro atoms. The Bertz CT molecular complexity index is 352. The lowest BCUT2D eigenvalue weighted by Gasteiger charge is -2.35. The van der Waals surface area contributed by atoms with Gasteiger partial charge in [0.05, 0.1) is 6.61 Å². The van der Waals surface area contributed by atoms with Gasteiger partial charge < -0.3 is 15.0 Å². The molecule has 4 heteroatoms. The molecule has 3 heterocycles. The van der Waals surface area contributed by atoms with Gasteiger partial charge in [-0.3, -0.25) is 4.90 Å². The molecular weight excluding hydrogens is 262 g/mol. The van der Waals surface area contributed by atoms with Crippen molar-refractivity contribution in [3.63, 3.8) is 0 Å². The van der Waals surface area contributed by atoms with Crippen LogP contribution in [0.4, 0.5) is 0 Å². The molecule has 0 amide bonds. The third-order valence-electron chi connectivity index (χ3n) is 5.97. The molecule has 4 nitrogen and oxygen atoms in total. The van der Waals surface area contributed by atoms with Gasteiger partial charge in [-0.1, -0.05) is 0 Å². The average molecular weight is 293 g/mol. The third-order valence-corrected chi connectivity index (χ3v) is 5.97. The number of rotatable bonds is 5. The Hall–Kier alpha value is -0.160. The third kappa shape index (κ3) is 3.44. The van der Waals surface area contributed by atoms with Crippen molar-refractivity contribution in [2.45, 2.75) is 50.6 Å². The van der Waals surface area contributed by atoms with Crippen molar-refractivity contribution in [3.05, 3.63) is 0 Å². The standard InChI is InChI=1S/C17H31N3O/c1-3-16-11-19(7-2-9-20(16)8-1)13-17(6-10-21-14-17)12-18-15-4-5-15/h15-16,18H,1-14H2. The maximum absolute atomic E-state index is 5.80. The summed E-state index contributed by atoms with van der Waals surface area (Å²) in [5, 5.41) is 3.77. The summed E-state index contributed by atoms with van der Waals surface area (Å²) >= 11 is 0. The molecule has 3 saturated heterocycles. The van der Waals surface area contributed by atoms with Crippen LogP contribution in [-0.4, -0.2) is 74.4 Å². The van der Waals surface area contributed by atoms with Crippen LogP contribution in [0.5, 0.6) is 0 Å². The lowest BCUT2D eigenvalue weighted by molar-refractivity contribution is 0.103. The second-order valence-electron chi connectivity index (χ2n) is 7.88. The molecule has 3 aliphatic heterocycles. The monoisotopic (exact) mass is 293 g/mol. The van der Waals surface area contributed by atoms with Gasteiger partial charge in [0.25, 0.3) is 0 Å². The summed E-state index contributed by atoms with van der Waals surface area (Å²) < 4.78 is 5.80. The van der Waals surface area contributed by atoms with Crippen LogP contribution in [0.2, 0.25) is 0 Å². The number of nitrogens with zero attached hydrogens (tertiary/aromatic N) is 2. The highest BCUT2D eigenvalue weighted by molar-refractivity contribution is 4.94. The Morgan fingerprint density at radius 2 is 2.00 bits per heavy atom. The zero-order valence-corrected chi connectivity index (χ0v) is 13.4. The largest absolute Gasteiger partial charge is 0.381 e.